The SMILES string of the molecule is C=CN=C(N=C)C(=O)NC(C(=O)C(C)C)C1CCCCC1. The molecule has 5 heteroatoms. The molecule has 0 aliphatic heterocycles. The van der Waals surface area contributed by atoms with Crippen LogP contribution in [0, 0.1) is 11.8 Å². The highest BCUT2D eigenvalue weighted by Crippen LogP contribution is 2.28. The van der Waals surface area contributed by atoms with Crippen molar-refractivity contribution < 1.29 is 9.59 Å². The number of aliphatic imine (C=N–C) groups is 2. The predicted molar refractivity (Wildman–Crippen MR) is 85.5 cm³/mol. The molecule has 0 spiro atoms. The van der Waals surface area contributed by atoms with E-state index in [1.807, 2.05) is 13.8 Å². The molecule has 1 fully saturated rings. The highest BCUT2D eigenvalue weighted by molar-refractivity contribution is 6.39. The Morgan fingerprint density at radius 3 is 2.33 bits per heavy atom. The smallest absolute Gasteiger partial charge is 0.289 e. The molecule has 1 aliphatic carbocycles. The molecule has 0 aromatic carbocycles. The van der Waals surface area contributed by atoms with Crippen molar-refractivity contribution in [3.05, 3.63) is 12.8 Å². The molecule has 0 bridgehead atoms. The third-order valence-corrected chi connectivity index (χ3v) is 3.85. The van der Waals surface area contributed by atoms with Crippen molar-refractivity contribution in [1.82, 2.24) is 5.32 Å². The van der Waals surface area contributed by atoms with Gasteiger partial charge < -0.3 is 5.32 Å². The summed E-state index contributed by atoms with van der Waals surface area (Å²) in [7, 11) is 0. The Morgan fingerprint density at radius 1 is 1.24 bits per heavy atom. The summed E-state index contributed by atoms with van der Waals surface area (Å²) in [6.07, 6.45) is 6.59. The molecule has 0 heterocycles. The standard InChI is InChI=1S/C16H25N3O2/c1-5-18-15(17-4)16(21)19-13(14(20)11(2)3)12-9-7-6-8-10-12/h5,11-13H,1,4,6-10H2,2-3H3,(H,19,21). The van der Waals surface area contributed by atoms with Gasteiger partial charge in [0.05, 0.1) is 6.04 Å². The van der Waals surface area contributed by atoms with E-state index in [0.29, 0.717) is 0 Å². The quantitative estimate of drug-likeness (QED) is 0.624. The molecule has 116 valence electrons. The van der Waals surface area contributed by atoms with Crippen molar-refractivity contribution in [2.24, 2.45) is 21.8 Å². The summed E-state index contributed by atoms with van der Waals surface area (Å²) in [5.41, 5.74) is 0. The molecular formula is C16H25N3O2. The summed E-state index contributed by atoms with van der Waals surface area (Å²) >= 11 is 0. The van der Waals surface area contributed by atoms with Crippen molar-refractivity contribution >= 4 is 24.2 Å². The van der Waals surface area contributed by atoms with Crippen LogP contribution in [0.2, 0.25) is 0 Å². The van der Waals surface area contributed by atoms with Crippen LogP contribution in [0.4, 0.5) is 0 Å². The van der Waals surface area contributed by atoms with Crippen LogP contribution in [0.5, 0.6) is 0 Å². The fourth-order valence-corrected chi connectivity index (χ4v) is 2.71. The molecule has 1 N–H and O–H groups in total. The van der Waals surface area contributed by atoms with Crippen LogP contribution in [0.15, 0.2) is 22.8 Å². The van der Waals surface area contributed by atoms with Gasteiger partial charge in [0, 0.05) is 12.1 Å². The number of hydrogen-bond acceptors (Lipinski definition) is 3. The minimum atomic E-state index is -0.463. The number of hydrogen-bond donors (Lipinski definition) is 1. The first kappa shape index (κ1) is 17.3. The van der Waals surface area contributed by atoms with Gasteiger partial charge in [-0.2, -0.15) is 0 Å². The van der Waals surface area contributed by atoms with E-state index >= 15 is 0 Å². The molecule has 0 radical (unpaired) electrons. The summed E-state index contributed by atoms with van der Waals surface area (Å²) in [6.45, 7) is 10.5. The van der Waals surface area contributed by atoms with Gasteiger partial charge in [0.25, 0.3) is 5.91 Å². The normalized spacial score (nSPS) is 18.1. The lowest BCUT2D eigenvalue weighted by Crippen LogP contribution is -2.49. The molecule has 1 unspecified atom stereocenters. The summed E-state index contributed by atoms with van der Waals surface area (Å²) < 4.78 is 0. The van der Waals surface area contributed by atoms with E-state index in [9.17, 15) is 9.59 Å². The van der Waals surface area contributed by atoms with E-state index in [1.54, 1.807) is 0 Å². The number of ketones is 1. The lowest BCUT2D eigenvalue weighted by atomic mass is 9.80. The first-order valence-electron chi connectivity index (χ1n) is 7.51. The van der Waals surface area contributed by atoms with Gasteiger partial charge in [-0.1, -0.05) is 39.7 Å². The fourth-order valence-electron chi connectivity index (χ4n) is 2.71. The van der Waals surface area contributed by atoms with Gasteiger partial charge in [-0.25, -0.2) is 9.98 Å². The third-order valence-electron chi connectivity index (χ3n) is 3.85. The monoisotopic (exact) mass is 291 g/mol. The molecule has 0 aromatic heterocycles. The van der Waals surface area contributed by atoms with Gasteiger partial charge in [0.2, 0.25) is 5.84 Å². The Hall–Kier alpha value is -1.78. The van der Waals surface area contributed by atoms with E-state index in [1.165, 1.54) is 12.6 Å². The van der Waals surface area contributed by atoms with Gasteiger partial charge in [-0.05, 0) is 25.5 Å². The first-order valence-corrected chi connectivity index (χ1v) is 7.51. The Labute approximate surface area is 126 Å². The maximum Gasteiger partial charge on any atom is 0.289 e. The lowest BCUT2D eigenvalue weighted by Gasteiger charge is -2.30. The second kappa shape index (κ2) is 8.49. The zero-order valence-electron chi connectivity index (χ0n) is 13.0. The molecule has 1 atom stereocenters. The lowest BCUT2D eigenvalue weighted by molar-refractivity contribution is -0.129. The number of carbonyl (C=O) groups is 2. The highest BCUT2D eigenvalue weighted by atomic mass is 16.2. The molecule has 0 aromatic rings. The molecule has 5 nitrogen and oxygen atoms in total. The number of amides is 1. The van der Waals surface area contributed by atoms with Crippen LogP contribution in [-0.2, 0) is 9.59 Å². The summed E-state index contributed by atoms with van der Waals surface area (Å²) in [6, 6.07) is -0.463. The van der Waals surface area contributed by atoms with E-state index in [2.05, 4.69) is 28.6 Å². The molecule has 1 amide bonds. The van der Waals surface area contributed by atoms with Gasteiger partial charge in [-0.15, -0.1) is 0 Å². The second-order valence-electron chi connectivity index (χ2n) is 5.70. The minimum Gasteiger partial charge on any atom is -0.339 e. The number of nitrogens with zero attached hydrogens (tertiary/aromatic N) is 2. The van der Waals surface area contributed by atoms with Gasteiger partial charge in [0.15, 0.2) is 5.78 Å². The Kier molecular flexibility index (Phi) is 6.99. The molecule has 21 heavy (non-hydrogen) atoms. The van der Waals surface area contributed by atoms with Gasteiger partial charge >= 0.3 is 0 Å². The number of carbonyl (C=O) groups excluding carboxylic acids is 2. The Bertz CT molecular complexity index is 435. The molecule has 0 saturated heterocycles. The van der Waals surface area contributed by atoms with Crippen LogP contribution >= 0.6 is 0 Å². The zero-order valence-corrected chi connectivity index (χ0v) is 13.0. The van der Waals surface area contributed by atoms with Gasteiger partial charge in [-0.3, -0.25) is 9.59 Å². The van der Waals surface area contributed by atoms with Gasteiger partial charge in [0.1, 0.15) is 0 Å². The van der Waals surface area contributed by atoms with E-state index in [-0.39, 0.29) is 23.5 Å². The Balaban J connectivity index is 2.88. The first-order chi connectivity index (χ1) is 10.0. The summed E-state index contributed by atoms with van der Waals surface area (Å²) in [5, 5.41) is 2.80. The van der Waals surface area contributed by atoms with E-state index in [4.69, 9.17) is 0 Å². The number of nitrogens with one attached hydrogen (secondary N) is 1. The number of amidine groups is 1. The molecule has 1 saturated carbocycles. The second-order valence-corrected chi connectivity index (χ2v) is 5.70. The van der Waals surface area contributed by atoms with Crippen molar-refractivity contribution in [2.75, 3.05) is 0 Å². The zero-order chi connectivity index (χ0) is 15.8. The van der Waals surface area contributed by atoms with Crippen LogP contribution in [0.25, 0.3) is 0 Å². The number of Topliss-reactive ketones (excluding diaryl/α,β-unsaturated/α-hetero) is 1. The van der Waals surface area contributed by atoms with Crippen molar-refractivity contribution in [3.63, 3.8) is 0 Å². The van der Waals surface area contributed by atoms with Crippen LogP contribution < -0.4 is 5.32 Å². The minimum absolute atomic E-state index is 0.0534. The molecule has 1 rings (SSSR count). The van der Waals surface area contributed by atoms with E-state index in [0.717, 1.165) is 25.7 Å². The average molecular weight is 291 g/mol. The predicted octanol–water partition coefficient (Wildman–Crippen LogP) is 2.52. The third kappa shape index (κ3) is 4.92. The highest BCUT2D eigenvalue weighted by Gasteiger charge is 2.32. The van der Waals surface area contributed by atoms with Crippen LogP contribution in [0.1, 0.15) is 46.0 Å². The van der Waals surface area contributed by atoms with Crippen molar-refractivity contribution in [2.45, 2.75) is 52.0 Å². The van der Waals surface area contributed by atoms with Crippen LogP contribution in [-0.4, -0.2) is 30.3 Å². The Morgan fingerprint density at radius 2 is 1.86 bits per heavy atom. The van der Waals surface area contributed by atoms with Crippen molar-refractivity contribution in [3.8, 4) is 0 Å². The van der Waals surface area contributed by atoms with E-state index < -0.39 is 11.9 Å². The maximum atomic E-state index is 12.4. The average Bonchev–Trinajstić information content (AvgIpc) is 2.50. The summed E-state index contributed by atoms with van der Waals surface area (Å²) in [5.74, 6) is -0.366. The van der Waals surface area contributed by atoms with Crippen molar-refractivity contribution in [1.29, 1.82) is 0 Å². The number of rotatable bonds is 5. The summed E-state index contributed by atoms with van der Waals surface area (Å²) in [4.78, 5) is 32.0. The largest absolute Gasteiger partial charge is 0.339 e. The maximum absolute atomic E-state index is 12.4. The van der Waals surface area contributed by atoms with Crippen LogP contribution in [0.3, 0.4) is 0 Å². The topological polar surface area (TPSA) is 70.9 Å². The fraction of sp³-hybridized carbons (Fsp3) is 0.625. The molecular weight excluding hydrogens is 266 g/mol. The molecule has 1 aliphatic rings.